The average Bonchev–Trinajstić information content (AvgIpc) is 2.49. The summed E-state index contributed by atoms with van der Waals surface area (Å²) in [5.41, 5.74) is 2.53. The monoisotopic (exact) mass is 319 g/mol. The summed E-state index contributed by atoms with van der Waals surface area (Å²) in [5.74, 6) is 0.664. The Kier molecular flexibility index (Phi) is 5.37. The lowest BCUT2D eigenvalue weighted by Crippen LogP contribution is -1.99. The number of nitrogens with zero attached hydrogens (tertiary/aromatic N) is 2. The number of aliphatic imine (C=N–C) groups is 1. The minimum atomic E-state index is 0.550. The van der Waals surface area contributed by atoms with Crippen LogP contribution in [0.25, 0.3) is 0 Å². The number of para-hydroxylation sites is 1. The molecule has 21 heavy (non-hydrogen) atoms. The first-order valence-corrected chi connectivity index (χ1v) is 7.20. The molecule has 1 heterocycles. The summed E-state index contributed by atoms with van der Waals surface area (Å²) in [6, 6.07) is 9.16. The molecule has 0 unspecified atom stereocenters. The van der Waals surface area contributed by atoms with Gasteiger partial charge in [-0.05, 0) is 38.1 Å². The van der Waals surface area contributed by atoms with Gasteiger partial charge in [0, 0.05) is 23.7 Å². The third-order valence-corrected chi connectivity index (χ3v) is 3.44. The lowest BCUT2D eigenvalue weighted by atomic mass is 10.2. The molecule has 0 aliphatic heterocycles. The molecule has 0 fully saturated rings. The van der Waals surface area contributed by atoms with Crippen LogP contribution in [-0.4, -0.2) is 10.7 Å². The molecule has 0 bridgehead atoms. The molecule has 108 valence electrons. The number of rotatable bonds is 4. The van der Waals surface area contributed by atoms with E-state index in [-0.39, 0.29) is 0 Å². The van der Waals surface area contributed by atoms with Crippen LogP contribution in [0, 0.1) is 0 Å². The lowest BCUT2D eigenvalue weighted by molar-refractivity contribution is 1.30. The number of hydrogen-bond donors (Lipinski definition) is 1. The maximum Gasteiger partial charge on any atom is 0.131 e. The molecule has 0 amide bonds. The van der Waals surface area contributed by atoms with Gasteiger partial charge >= 0.3 is 0 Å². The Morgan fingerprint density at radius 1 is 1.24 bits per heavy atom. The van der Waals surface area contributed by atoms with E-state index in [0.717, 1.165) is 11.3 Å². The van der Waals surface area contributed by atoms with Gasteiger partial charge in [0.1, 0.15) is 5.82 Å². The van der Waals surface area contributed by atoms with E-state index in [0.29, 0.717) is 21.6 Å². The SMILES string of the molecule is C/C=C\N=C(C)c1ccnc(Nc2c(Cl)cccc2Cl)c1. The molecular weight excluding hydrogens is 305 g/mol. The highest BCUT2D eigenvalue weighted by Crippen LogP contribution is 2.32. The van der Waals surface area contributed by atoms with Crippen LogP contribution in [0.2, 0.25) is 10.0 Å². The highest BCUT2D eigenvalue weighted by atomic mass is 35.5. The molecule has 3 nitrogen and oxygen atoms in total. The molecule has 2 aromatic rings. The van der Waals surface area contributed by atoms with Crippen molar-refractivity contribution in [1.29, 1.82) is 0 Å². The Balaban J connectivity index is 2.30. The van der Waals surface area contributed by atoms with Crippen LogP contribution < -0.4 is 5.32 Å². The molecular formula is C16H15Cl2N3. The Labute approximate surface area is 134 Å². The Bertz CT molecular complexity index is 673. The molecule has 1 aromatic carbocycles. The van der Waals surface area contributed by atoms with Gasteiger partial charge in [-0.25, -0.2) is 4.98 Å². The minimum Gasteiger partial charge on any atom is -0.338 e. The Morgan fingerprint density at radius 2 is 1.95 bits per heavy atom. The van der Waals surface area contributed by atoms with Crippen molar-refractivity contribution < 1.29 is 0 Å². The van der Waals surface area contributed by atoms with Crippen molar-refractivity contribution in [3.05, 3.63) is 64.4 Å². The number of nitrogens with one attached hydrogen (secondary N) is 1. The van der Waals surface area contributed by atoms with Crippen LogP contribution in [0.5, 0.6) is 0 Å². The maximum absolute atomic E-state index is 6.14. The predicted molar refractivity (Wildman–Crippen MR) is 91.0 cm³/mol. The Morgan fingerprint density at radius 3 is 2.62 bits per heavy atom. The molecule has 0 atom stereocenters. The number of halogens is 2. The second-order valence-corrected chi connectivity index (χ2v) is 5.16. The van der Waals surface area contributed by atoms with Gasteiger partial charge in [-0.2, -0.15) is 0 Å². The third-order valence-electron chi connectivity index (χ3n) is 2.81. The summed E-state index contributed by atoms with van der Waals surface area (Å²) in [6.45, 7) is 3.87. The first kappa shape index (κ1) is 15.5. The quantitative estimate of drug-likeness (QED) is 0.758. The van der Waals surface area contributed by atoms with Crippen LogP contribution in [0.15, 0.2) is 53.8 Å². The van der Waals surface area contributed by atoms with Crippen LogP contribution in [0.3, 0.4) is 0 Å². The van der Waals surface area contributed by atoms with Crippen LogP contribution in [-0.2, 0) is 0 Å². The fourth-order valence-electron chi connectivity index (χ4n) is 1.73. The molecule has 1 aromatic heterocycles. The topological polar surface area (TPSA) is 37.3 Å². The van der Waals surface area contributed by atoms with Crippen molar-refractivity contribution in [2.75, 3.05) is 5.32 Å². The Hall–Kier alpha value is -1.84. The molecule has 0 aliphatic rings. The summed E-state index contributed by atoms with van der Waals surface area (Å²) < 4.78 is 0. The fraction of sp³-hybridized carbons (Fsp3) is 0.125. The fourth-order valence-corrected chi connectivity index (χ4v) is 2.22. The van der Waals surface area contributed by atoms with Gasteiger partial charge < -0.3 is 5.32 Å². The second kappa shape index (κ2) is 7.25. The minimum absolute atomic E-state index is 0.550. The molecule has 0 spiro atoms. The molecule has 0 radical (unpaired) electrons. The van der Waals surface area contributed by atoms with Crippen molar-refractivity contribution in [3.8, 4) is 0 Å². The first-order valence-electron chi connectivity index (χ1n) is 6.45. The zero-order chi connectivity index (χ0) is 15.2. The summed E-state index contributed by atoms with van der Waals surface area (Å²) in [7, 11) is 0. The van der Waals surface area contributed by atoms with Crippen molar-refractivity contribution in [2.24, 2.45) is 4.99 Å². The molecule has 2 rings (SSSR count). The number of hydrogen-bond acceptors (Lipinski definition) is 3. The molecule has 0 saturated carbocycles. The second-order valence-electron chi connectivity index (χ2n) is 4.35. The van der Waals surface area contributed by atoms with Crippen LogP contribution in [0.4, 0.5) is 11.5 Å². The predicted octanol–water partition coefficient (Wildman–Crippen LogP) is 5.47. The van der Waals surface area contributed by atoms with Crippen molar-refractivity contribution in [3.63, 3.8) is 0 Å². The molecule has 5 heteroatoms. The lowest BCUT2D eigenvalue weighted by Gasteiger charge is -2.10. The summed E-state index contributed by atoms with van der Waals surface area (Å²) in [4.78, 5) is 8.60. The number of allylic oxidation sites excluding steroid dienone is 1. The van der Waals surface area contributed by atoms with Crippen molar-refractivity contribution in [1.82, 2.24) is 4.98 Å². The van der Waals surface area contributed by atoms with E-state index >= 15 is 0 Å². The van der Waals surface area contributed by atoms with E-state index in [1.165, 1.54) is 0 Å². The van der Waals surface area contributed by atoms with E-state index in [1.54, 1.807) is 30.6 Å². The molecule has 0 aliphatic carbocycles. The zero-order valence-electron chi connectivity index (χ0n) is 11.8. The third kappa shape index (κ3) is 4.06. The van der Waals surface area contributed by atoms with Crippen LogP contribution >= 0.6 is 23.2 Å². The van der Waals surface area contributed by atoms with E-state index in [1.807, 2.05) is 32.1 Å². The van der Waals surface area contributed by atoms with E-state index in [4.69, 9.17) is 23.2 Å². The van der Waals surface area contributed by atoms with E-state index in [2.05, 4.69) is 15.3 Å². The van der Waals surface area contributed by atoms with Gasteiger partial charge in [-0.3, -0.25) is 4.99 Å². The highest BCUT2D eigenvalue weighted by molar-refractivity contribution is 6.39. The van der Waals surface area contributed by atoms with Gasteiger partial charge in [-0.15, -0.1) is 0 Å². The van der Waals surface area contributed by atoms with Gasteiger partial charge in [0.15, 0.2) is 0 Å². The normalized spacial score (nSPS) is 11.9. The zero-order valence-corrected chi connectivity index (χ0v) is 13.3. The largest absolute Gasteiger partial charge is 0.338 e. The van der Waals surface area contributed by atoms with Gasteiger partial charge in [-0.1, -0.05) is 35.3 Å². The maximum atomic E-state index is 6.14. The number of anilines is 2. The summed E-state index contributed by atoms with van der Waals surface area (Å²) >= 11 is 12.3. The molecule has 0 saturated heterocycles. The summed E-state index contributed by atoms with van der Waals surface area (Å²) in [5, 5.41) is 4.24. The van der Waals surface area contributed by atoms with Gasteiger partial charge in [0.25, 0.3) is 0 Å². The van der Waals surface area contributed by atoms with Gasteiger partial charge in [0.2, 0.25) is 0 Å². The highest BCUT2D eigenvalue weighted by Gasteiger charge is 2.07. The van der Waals surface area contributed by atoms with E-state index < -0.39 is 0 Å². The van der Waals surface area contributed by atoms with E-state index in [9.17, 15) is 0 Å². The molecule has 1 N–H and O–H groups in total. The first-order chi connectivity index (χ1) is 10.1. The van der Waals surface area contributed by atoms with Crippen molar-refractivity contribution in [2.45, 2.75) is 13.8 Å². The van der Waals surface area contributed by atoms with Crippen molar-refractivity contribution >= 4 is 40.4 Å². The number of pyridine rings is 1. The smallest absolute Gasteiger partial charge is 0.131 e. The summed E-state index contributed by atoms with van der Waals surface area (Å²) in [6.07, 6.45) is 5.36. The standard InChI is InChI=1S/C16H15Cl2N3/c1-3-8-19-11(2)12-7-9-20-15(10-12)21-16-13(17)5-4-6-14(16)18/h3-10H,1-2H3,(H,20,21)/b8-3-,19-11?. The number of aromatic nitrogens is 1. The van der Waals surface area contributed by atoms with Gasteiger partial charge in [0.05, 0.1) is 15.7 Å². The number of benzene rings is 1. The average molecular weight is 320 g/mol. The van der Waals surface area contributed by atoms with Crippen LogP contribution in [0.1, 0.15) is 19.4 Å².